The molecule has 19 heavy (non-hydrogen) atoms. The summed E-state index contributed by atoms with van der Waals surface area (Å²) >= 11 is 0. The number of aromatic hydroxyl groups is 1. The standard InChI is InChI=1S/C14H20N2O3/c15-12(8-10-2-4-11(18)5-3-10)13(19)16-14(9-17)6-1-7-14/h2-5,12,17-18H,1,6-9,15H2,(H,16,19). The van der Waals surface area contributed by atoms with Crippen LogP contribution in [-0.2, 0) is 11.2 Å². The summed E-state index contributed by atoms with van der Waals surface area (Å²) in [4.78, 5) is 12.0. The second kappa shape index (κ2) is 5.59. The third kappa shape index (κ3) is 3.24. The Bertz CT molecular complexity index is 435. The number of amides is 1. The predicted molar refractivity (Wildman–Crippen MR) is 71.6 cm³/mol. The maximum absolute atomic E-state index is 12.0. The Morgan fingerprint density at radius 2 is 2.00 bits per heavy atom. The third-order valence-electron chi connectivity index (χ3n) is 3.73. The number of nitrogens with two attached hydrogens (primary N) is 1. The van der Waals surface area contributed by atoms with E-state index < -0.39 is 11.6 Å². The number of aliphatic hydroxyl groups is 1. The van der Waals surface area contributed by atoms with Gasteiger partial charge in [-0.05, 0) is 43.4 Å². The summed E-state index contributed by atoms with van der Waals surface area (Å²) in [5.74, 6) is -0.0442. The smallest absolute Gasteiger partial charge is 0.237 e. The van der Waals surface area contributed by atoms with E-state index in [1.165, 1.54) is 0 Å². The van der Waals surface area contributed by atoms with Crippen molar-refractivity contribution < 1.29 is 15.0 Å². The number of nitrogens with one attached hydrogen (secondary N) is 1. The van der Waals surface area contributed by atoms with Gasteiger partial charge in [0.1, 0.15) is 5.75 Å². The molecule has 1 fully saturated rings. The monoisotopic (exact) mass is 264 g/mol. The molecule has 0 aliphatic heterocycles. The highest BCUT2D eigenvalue weighted by molar-refractivity contribution is 5.82. The van der Waals surface area contributed by atoms with Gasteiger partial charge in [-0.1, -0.05) is 12.1 Å². The van der Waals surface area contributed by atoms with Crippen LogP contribution in [0.2, 0.25) is 0 Å². The van der Waals surface area contributed by atoms with Crippen molar-refractivity contribution in [2.24, 2.45) is 5.73 Å². The molecule has 1 atom stereocenters. The average Bonchev–Trinajstić information content (AvgIpc) is 2.36. The molecule has 0 heterocycles. The van der Waals surface area contributed by atoms with Gasteiger partial charge >= 0.3 is 0 Å². The van der Waals surface area contributed by atoms with Gasteiger partial charge in [0.2, 0.25) is 5.91 Å². The lowest BCUT2D eigenvalue weighted by atomic mass is 9.77. The quantitative estimate of drug-likeness (QED) is 0.615. The van der Waals surface area contributed by atoms with Crippen LogP contribution in [0.1, 0.15) is 24.8 Å². The number of aliphatic hydroxyl groups excluding tert-OH is 1. The number of rotatable bonds is 5. The molecule has 1 aromatic carbocycles. The van der Waals surface area contributed by atoms with Crippen LogP contribution in [0.15, 0.2) is 24.3 Å². The van der Waals surface area contributed by atoms with Crippen molar-refractivity contribution >= 4 is 5.91 Å². The summed E-state index contributed by atoms with van der Waals surface area (Å²) in [6, 6.07) is 5.98. The first-order chi connectivity index (χ1) is 9.04. The van der Waals surface area contributed by atoms with Crippen LogP contribution in [0.4, 0.5) is 0 Å². The molecule has 2 rings (SSSR count). The number of hydrogen-bond donors (Lipinski definition) is 4. The van der Waals surface area contributed by atoms with Gasteiger partial charge in [-0.25, -0.2) is 0 Å². The van der Waals surface area contributed by atoms with Crippen molar-refractivity contribution in [1.82, 2.24) is 5.32 Å². The SMILES string of the molecule is NC(Cc1ccc(O)cc1)C(=O)NC1(CO)CCC1. The fourth-order valence-electron chi connectivity index (χ4n) is 2.26. The van der Waals surface area contributed by atoms with Gasteiger partial charge in [-0.15, -0.1) is 0 Å². The zero-order valence-corrected chi connectivity index (χ0v) is 10.8. The molecule has 1 aliphatic rings. The lowest BCUT2D eigenvalue weighted by Crippen LogP contribution is -2.59. The lowest BCUT2D eigenvalue weighted by molar-refractivity contribution is -0.126. The van der Waals surface area contributed by atoms with E-state index in [1.807, 2.05) is 0 Å². The van der Waals surface area contributed by atoms with Crippen LogP contribution in [0.25, 0.3) is 0 Å². The van der Waals surface area contributed by atoms with Gasteiger partial charge in [0.05, 0.1) is 18.2 Å². The fourth-order valence-corrected chi connectivity index (χ4v) is 2.26. The summed E-state index contributed by atoms with van der Waals surface area (Å²) < 4.78 is 0. The molecule has 5 N–H and O–H groups in total. The summed E-state index contributed by atoms with van der Waals surface area (Å²) in [6.45, 7) is -0.0370. The summed E-state index contributed by atoms with van der Waals surface area (Å²) in [7, 11) is 0. The van der Waals surface area contributed by atoms with Crippen LogP contribution in [0.3, 0.4) is 0 Å². The van der Waals surface area contributed by atoms with Gasteiger partial charge in [0.25, 0.3) is 0 Å². The first-order valence-electron chi connectivity index (χ1n) is 6.51. The molecule has 1 unspecified atom stereocenters. The number of hydrogen-bond acceptors (Lipinski definition) is 4. The van der Waals surface area contributed by atoms with Crippen molar-refractivity contribution in [2.45, 2.75) is 37.3 Å². The van der Waals surface area contributed by atoms with Crippen molar-refractivity contribution in [3.8, 4) is 5.75 Å². The molecule has 0 radical (unpaired) electrons. The van der Waals surface area contributed by atoms with Crippen molar-refractivity contribution in [3.05, 3.63) is 29.8 Å². The number of carbonyl (C=O) groups is 1. The van der Waals surface area contributed by atoms with Gasteiger partial charge in [-0.3, -0.25) is 4.79 Å². The highest BCUT2D eigenvalue weighted by Gasteiger charge is 2.38. The molecule has 0 aromatic heterocycles. The number of carbonyl (C=O) groups excluding carboxylic acids is 1. The molecule has 1 aliphatic carbocycles. The summed E-state index contributed by atoms with van der Waals surface area (Å²) in [6.07, 6.45) is 3.05. The van der Waals surface area contributed by atoms with Crippen LogP contribution in [0.5, 0.6) is 5.75 Å². The molecule has 5 heteroatoms. The van der Waals surface area contributed by atoms with E-state index in [0.717, 1.165) is 24.8 Å². The highest BCUT2D eigenvalue weighted by atomic mass is 16.3. The van der Waals surface area contributed by atoms with Crippen LogP contribution >= 0.6 is 0 Å². The minimum Gasteiger partial charge on any atom is -0.508 e. The molecule has 5 nitrogen and oxygen atoms in total. The molecule has 0 bridgehead atoms. The Balaban J connectivity index is 1.90. The van der Waals surface area contributed by atoms with E-state index in [4.69, 9.17) is 5.73 Å². The summed E-state index contributed by atoms with van der Waals surface area (Å²) in [5, 5.41) is 21.3. The topological polar surface area (TPSA) is 95.6 Å². The minimum absolute atomic E-state index is 0.0370. The Kier molecular flexibility index (Phi) is 4.07. The van der Waals surface area contributed by atoms with E-state index in [0.29, 0.717) is 6.42 Å². The van der Waals surface area contributed by atoms with Gasteiger partial charge in [-0.2, -0.15) is 0 Å². The van der Waals surface area contributed by atoms with E-state index in [-0.39, 0.29) is 18.3 Å². The zero-order valence-electron chi connectivity index (χ0n) is 10.8. The Morgan fingerprint density at radius 1 is 1.37 bits per heavy atom. The molecule has 0 saturated heterocycles. The Morgan fingerprint density at radius 3 is 2.47 bits per heavy atom. The molecule has 104 valence electrons. The van der Waals surface area contributed by atoms with Crippen LogP contribution in [0, 0.1) is 0 Å². The van der Waals surface area contributed by atoms with Crippen molar-refractivity contribution in [2.75, 3.05) is 6.61 Å². The van der Waals surface area contributed by atoms with Gasteiger partial charge in [0.15, 0.2) is 0 Å². The maximum atomic E-state index is 12.0. The zero-order chi connectivity index (χ0) is 13.9. The maximum Gasteiger partial charge on any atom is 0.237 e. The third-order valence-corrected chi connectivity index (χ3v) is 3.73. The number of phenolic OH excluding ortho intramolecular Hbond substituents is 1. The predicted octanol–water partition coefficient (Wildman–Crippen LogP) is 0.293. The van der Waals surface area contributed by atoms with Crippen LogP contribution in [-0.4, -0.2) is 34.3 Å². The van der Waals surface area contributed by atoms with Crippen molar-refractivity contribution in [1.29, 1.82) is 0 Å². The molecular weight excluding hydrogens is 244 g/mol. The lowest BCUT2D eigenvalue weighted by Gasteiger charge is -2.41. The first-order valence-corrected chi connectivity index (χ1v) is 6.51. The van der Waals surface area contributed by atoms with Gasteiger partial charge in [0, 0.05) is 0 Å². The van der Waals surface area contributed by atoms with E-state index >= 15 is 0 Å². The largest absolute Gasteiger partial charge is 0.508 e. The Labute approximate surface area is 112 Å². The summed E-state index contributed by atoms with van der Waals surface area (Å²) in [5.41, 5.74) is 6.31. The van der Waals surface area contributed by atoms with E-state index in [1.54, 1.807) is 24.3 Å². The number of benzene rings is 1. The second-order valence-corrected chi connectivity index (χ2v) is 5.26. The highest BCUT2D eigenvalue weighted by Crippen LogP contribution is 2.31. The molecule has 1 aromatic rings. The van der Waals surface area contributed by atoms with E-state index in [9.17, 15) is 15.0 Å². The minimum atomic E-state index is -0.645. The molecule has 1 amide bonds. The molecular formula is C14H20N2O3. The number of phenols is 1. The van der Waals surface area contributed by atoms with Crippen molar-refractivity contribution in [3.63, 3.8) is 0 Å². The molecule has 0 spiro atoms. The normalized spacial score (nSPS) is 18.4. The Hall–Kier alpha value is -1.59. The van der Waals surface area contributed by atoms with E-state index in [2.05, 4.69) is 5.32 Å². The average molecular weight is 264 g/mol. The second-order valence-electron chi connectivity index (χ2n) is 5.26. The molecule has 1 saturated carbocycles. The fraction of sp³-hybridized carbons (Fsp3) is 0.500. The van der Waals surface area contributed by atoms with Gasteiger partial charge < -0.3 is 21.3 Å². The first kappa shape index (κ1) is 13.8. The van der Waals surface area contributed by atoms with Crippen LogP contribution < -0.4 is 11.1 Å².